The Kier molecular flexibility index (Phi) is 5.62. The standard InChI is InChI=1S/C14H26N2O4S/c1-3-6-15-13-9-20-8-12(13)14(17)16(4-2)11-5-7-21(18,19)10-11/h11-13,15H,3-10H2,1-2H3. The van der Waals surface area contributed by atoms with Gasteiger partial charge < -0.3 is 15.0 Å². The number of carbonyl (C=O) groups excluding carboxylic acids is 1. The lowest BCUT2D eigenvalue weighted by Gasteiger charge is -2.31. The van der Waals surface area contributed by atoms with Crippen molar-refractivity contribution in [2.75, 3.05) is 37.8 Å². The summed E-state index contributed by atoms with van der Waals surface area (Å²) >= 11 is 0. The van der Waals surface area contributed by atoms with Crippen LogP contribution in [0.4, 0.5) is 0 Å². The molecule has 2 heterocycles. The summed E-state index contributed by atoms with van der Waals surface area (Å²) in [5, 5.41) is 3.36. The second kappa shape index (κ2) is 7.07. The van der Waals surface area contributed by atoms with E-state index in [4.69, 9.17) is 4.74 Å². The third-order valence-electron chi connectivity index (χ3n) is 4.33. The molecule has 2 saturated heterocycles. The van der Waals surface area contributed by atoms with Gasteiger partial charge in [-0.2, -0.15) is 0 Å². The molecule has 2 fully saturated rings. The van der Waals surface area contributed by atoms with Crippen LogP contribution in [0, 0.1) is 5.92 Å². The second-order valence-electron chi connectivity index (χ2n) is 5.89. The summed E-state index contributed by atoms with van der Waals surface area (Å²) in [7, 11) is -2.98. The van der Waals surface area contributed by atoms with E-state index < -0.39 is 9.84 Å². The highest BCUT2D eigenvalue weighted by Crippen LogP contribution is 2.23. The molecule has 2 aliphatic rings. The zero-order chi connectivity index (χ0) is 15.5. The molecule has 0 aromatic carbocycles. The molecule has 7 heteroatoms. The summed E-state index contributed by atoms with van der Waals surface area (Å²) in [6, 6.07) is -0.121. The fourth-order valence-electron chi connectivity index (χ4n) is 3.16. The molecule has 21 heavy (non-hydrogen) atoms. The van der Waals surface area contributed by atoms with E-state index in [1.807, 2.05) is 6.92 Å². The number of ether oxygens (including phenoxy) is 1. The molecule has 6 nitrogen and oxygen atoms in total. The first kappa shape index (κ1) is 16.7. The van der Waals surface area contributed by atoms with Crippen LogP contribution >= 0.6 is 0 Å². The molecule has 0 aliphatic carbocycles. The first-order chi connectivity index (χ1) is 9.98. The molecular formula is C14H26N2O4S. The minimum absolute atomic E-state index is 0.0331. The number of amides is 1. The maximum atomic E-state index is 12.8. The van der Waals surface area contributed by atoms with Crippen LogP contribution in [-0.2, 0) is 19.4 Å². The van der Waals surface area contributed by atoms with Crippen molar-refractivity contribution in [3.8, 4) is 0 Å². The fraction of sp³-hybridized carbons (Fsp3) is 0.929. The van der Waals surface area contributed by atoms with Gasteiger partial charge in [-0.25, -0.2) is 8.42 Å². The summed E-state index contributed by atoms with van der Waals surface area (Å²) in [5.74, 6) is 0.137. The molecule has 0 spiro atoms. The van der Waals surface area contributed by atoms with E-state index in [2.05, 4.69) is 12.2 Å². The van der Waals surface area contributed by atoms with Crippen molar-refractivity contribution in [3.63, 3.8) is 0 Å². The molecule has 3 unspecified atom stereocenters. The summed E-state index contributed by atoms with van der Waals surface area (Å²) in [6.45, 7) is 6.39. The van der Waals surface area contributed by atoms with Crippen molar-refractivity contribution < 1.29 is 17.9 Å². The van der Waals surface area contributed by atoms with Crippen LogP contribution in [0.5, 0.6) is 0 Å². The van der Waals surface area contributed by atoms with Gasteiger partial charge in [-0.1, -0.05) is 6.92 Å². The number of sulfone groups is 1. The highest BCUT2D eigenvalue weighted by molar-refractivity contribution is 7.91. The molecule has 1 N–H and O–H groups in total. The van der Waals surface area contributed by atoms with E-state index in [1.54, 1.807) is 4.90 Å². The topological polar surface area (TPSA) is 75.7 Å². The lowest BCUT2D eigenvalue weighted by atomic mass is 10.0. The number of hydrogen-bond acceptors (Lipinski definition) is 5. The quantitative estimate of drug-likeness (QED) is 0.748. The van der Waals surface area contributed by atoms with Crippen molar-refractivity contribution in [2.45, 2.75) is 38.8 Å². The molecule has 2 aliphatic heterocycles. The highest BCUT2D eigenvalue weighted by atomic mass is 32.2. The largest absolute Gasteiger partial charge is 0.379 e. The molecular weight excluding hydrogens is 292 g/mol. The fourth-order valence-corrected chi connectivity index (χ4v) is 4.89. The Bertz CT molecular complexity index is 466. The summed E-state index contributed by atoms with van der Waals surface area (Å²) in [6.07, 6.45) is 1.57. The Morgan fingerprint density at radius 3 is 2.67 bits per heavy atom. The second-order valence-corrected chi connectivity index (χ2v) is 8.11. The van der Waals surface area contributed by atoms with Crippen LogP contribution in [0.1, 0.15) is 26.7 Å². The van der Waals surface area contributed by atoms with Crippen LogP contribution in [0.15, 0.2) is 0 Å². The molecule has 0 aromatic rings. The molecule has 1 amide bonds. The Morgan fingerprint density at radius 2 is 2.10 bits per heavy atom. The van der Waals surface area contributed by atoms with Gasteiger partial charge in [0.15, 0.2) is 9.84 Å². The SMILES string of the molecule is CCCNC1COCC1C(=O)N(CC)C1CCS(=O)(=O)C1. The Balaban J connectivity index is 2.02. The van der Waals surface area contributed by atoms with Crippen molar-refractivity contribution in [3.05, 3.63) is 0 Å². The van der Waals surface area contributed by atoms with E-state index in [0.717, 1.165) is 13.0 Å². The predicted molar refractivity (Wildman–Crippen MR) is 80.8 cm³/mol. The molecule has 0 bridgehead atoms. The van der Waals surface area contributed by atoms with Gasteiger partial charge in [0.1, 0.15) is 0 Å². The lowest BCUT2D eigenvalue weighted by Crippen LogP contribution is -2.49. The minimum Gasteiger partial charge on any atom is -0.379 e. The normalized spacial score (nSPS) is 31.4. The number of carbonyl (C=O) groups is 1. The average molecular weight is 318 g/mol. The van der Waals surface area contributed by atoms with Crippen LogP contribution in [0.3, 0.4) is 0 Å². The number of hydrogen-bond donors (Lipinski definition) is 1. The van der Waals surface area contributed by atoms with E-state index in [-0.39, 0.29) is 35.4 Å². The molecule has 122 valence electrons. The Labute approximate surface area is 127 Å². The first-order valence-electron chi connectivity index (χ1n) is 7.80. The lowest BCUT2D eigenvalue weighted by molar-refractivity contribution is -0.137. The number of nitrogens with one attached hydrogen (secondary N) is 1. The Morgan fingerprint density at radius 1 is 1.33 bits per heavy atom. The van der Waals surface area contributed by atoms with Crippen LogP contribution in [0.2, 0.25) is 0 Å². The third-order valence-corrected chi connectivity index (χ3v) is 6.08. The zero-order valence-corrected chi connectivity index (χ0v) is 13.7. The van der Waals surface area contributed by atoms with Gasteiger partial charge in [0.25, 0.3) is 0 Å². The highest BCUT2D eigenvalue weighted by Gasteiger charge is 2.40. The predicted octanol–water partition coefficient (Wildman–Crippen LogP) is 0.0366. The van der Waals surface area contributed by atoms with Gasteiger partial charge in [-0.15, -0.1) is 0 Å². The van der Waals surface area contributed by atoms with Gasteiger partial charge in [0.05, 0.1) is 30.6 Å². The molecule has 2 rings (SSSR count). The van der Waals surface area contributed by atoms with Crippen LogP contribution < -0.4 is 5.32 Å². The maximum Gasteiger partial charge on any atom is 0.229 e. The average Bonchev–Trinajstić information content (AvgIpc) is 3.03. The number of rotatable bonds is 6. The molecule has 3 atom stereocenters. The molecule has 0 saturated carbocycles. The zero-order valence-electron chi connectivity index (χ0n) is 12.9. The summed E-state index contributed by atoms with van der Waals surface area (Å²) in [5.41, 5.74) is 0. The van der Waals surface area contributed by atoms with E-state index in [1.165, 1.54) is 0 Å². The smallest absolute Gasteiger partial charge is 0.229 e. The van der Waals surface area contributed by atoms with Crippen LogP contribution in [0.25, 0.3) is 0 Å². The van der Waals surface area contributed by atoms with Crippen molar-refractivity contribution in [2.24, 2.45) is 5.92 Å². The van der Waals surface area contributed by atoms with Crippen LogP contribution in [-0.4, -0.2) is 69.1 Å². The van der Waals surface area contributed by atoms with Gasteiger partial charge in [-0.3, -0.25) is 4.79 Å². The van der Waals surface area contributed by atoms with E-state index in [0.29, 0.717) is 26.2 Å². The third kappa shape index (κ3) is 3.96. The number of nitrogens with zero attached hydrogens (tertiary/aromatic N) is 1. The van der Waals surface area contributed by atoms with Gasteiger partial charge in [-0.05, 0) is 26.3 Å². The van der Waals surface area contributed by atoms with E-state index in [9.17, 15) is 13.2 Å². The molecule has 0 aromatic heterocycles. The Hall–Kier alpha value is -0.660. The van der Waals surface area contributed by atoms with Gasteiger partial charge in [0, 0.05) is 18.6 Å². The van der Waals surface area contributed by atoms with Gasteiger partial charge >= 0.3 is 0 Å². The van der Waals surface area contributed by atoms with E-state index >= 15 is 0 Å². The van der Waals surface area contributed by atoms with Crippen molar-refractivity contribution in [1.82, 2.24) is 10.2 Å². The maximum absolute atomic E-state index is 12.8. The summed E-state index contributed by atoms with van der Waals surface area (Å²) in [4.78, 5) is 14.5. The first-order valence-corrected chi connectivity index (χ1v) is 9.62. The van der Waals surface area contributed by atoms with Crippen molar-refractivity contribution >= 4 is 15.7 Å². The molecule has 0 radical (unpaired) electrons. The van der Waals surface area contributed by atoms with Crippen molar-refractivity contribution in [1.29, 1.82) is 0 Å². The summed E-state index contributed by atoms with van der Waals surface area (Å²) < 4.78 is 28.7. The monoisotopic (exact) mass is 318 g/mol. The van der Waals surface area contributed by atoms with Gasteiger partial charge in [0.2, 0.25) is 5.91 Å². The minimum atomic E-state index is -2.98.